The van der Waals surface area contributed by atoms with Gasteiger partial charge < -0.3 is 10.6 Å². The molecular weight excluding hydrogens is 212 g/mol. The minimum atomic E-state index is -0.0204. The molecule has 0 saturated heterocycles. The smallest absolute Gasteiger partial charge is 0.256 e. The SMILES string of the molecule is C=CCN(CCC)C(=O)c1cc(C)ccc1N. The lowest BCUT2D eigenvalue weighted by atomic mass is 10.1. The molecule has 1 amide bonds. The van der Waals surface area contributed by atoms with E-state index in [1.54, 1.807) is 17.0 Å². The summed E-state index contributed by atoms with van der Waals surface area (Å²) in [7, 11) is 0. The molecule has 0 aliphatic heterocycles. The van der Waals surface area contributed by atoms with Gasteiger partial charge in [-0.05, 0) is 25.5 Å². The zero-order valence-corrected chi connectivity index (χ0v) is 10.6. The lowest BCUT2D eigenvalue weighted by molar-refractivity contribution is 0.0775. The molecule has 1 aromatic rings. The second-order valence-corrected chi connectivity index (χ2v) is 4.13. The van der Waals surface area contributed by atoms with Crippen molar-refractivity contribution in [2.75, 3.05) is 18.8 Å². The normalized spacial score (nSPS) is 10.0. The van der Waals surface area contributed by atoms with Crippen LogP contribution in [0.25, 0.3) is 0 Å². The number of nitrogens with zero attached hydrogens (tertiary/aromatic N) is 1. The van der Waals surface area contributed by atoms with Crippen molar-refractivity contribution < 1.29 is 4.79 Å². The Bertz CT molecular complexity index is 413. The summed E-state index contributed by atoms with van der Waals surface area (Å²) in [4.78, 5) is 14.1. The summed E-state index contributed by atoms with van der Waals surface area (Å²) in [6, 6.07) is 5.52. The van der Waals surface area contributed by atoms with Crippen LogP contribution >= 0.6 is 0 Å². The highest BCUT2D eigenvalue weighted by Gasteiger charge is 2.16. The van der Waals surface area contributed by atoms with Crippen molar-refractivity contribution in [1.29, 1.82) is 0 Å². The standard InChI is InChI=1S/C14H20N2O/c1-4-8-16(9-5-2)14(17)12-10-11(3)6-7-13(12)15/h4,6-7,10H,1,5,8-9,15H2,2-3H3. The fourth-order valence-corrected chi connectivity index (χ4v) is 1.73. The van der Waals surface area contributed by atoms with Crippen LogP contribution in [-0.2, 0) is 0 Å². The largest absolute Gasteiger partial charge is 0.398 e. The molecule has 1 aromatic carbocycles. The summed E-state index contributed by atoms with van der Waals surface area (Å²) in [6.07, 6.45) is 2.66. The van der Waals surface area contributed by atoms with Crippen molar-refractivity contribution in [3.05, 3.63) is 42.0 Å². The summed E-state index contributed by atoms with van der Waals surface area (Å²) in [5, 5.41) is 0. The van der Waals surface area contributed by atoms with Crippen molar-refractivity contribution in [3.8, 4) is 0 Å². The fourth-order valence-electron chi connectivity index (χ4n) is 1.73. The molecule has 2 N–H and O–H groups in total. The molecule has 3 heteroatoms. The fraction of sp³-hybridized carbons (Fsp3) is 0.357. The zero-order chi connectivity index (χ0) is 12.8. The number of carbonyl (C=O) groups is 1. The summed E-state index contributed by atoms with van der Waals surface area (Å²) < 4.78 is 0. The second-order valence-electron chi connectivity index (χ2n) is 4.13. The molecule has 0 bridgehead atoms. The molecule has 0 aromatic heterocycles. The minimum absolute atomic E-state index is 0.0204. The first-order chi connectivity index (χ1) is 8.10. The maximum Gasteiger partial charge on any atom is 0.256 e. The number of nitrogens with two attached hydrogens (primary N) is 1. The van der Waals surface area contributed by atoms with Gasteiger partial charge in [-0.3, -0.25) is 4.79 Å². The molecule has 0 fully saturated rings. The van der Waals surface area contributed by atoms with Gasteiger partial charge in [0.25, 0.3) is 5.91 Å². The first kappa shape index (κ1) is 13.3. The maximum atomic E-state index is 12.3. The molecule has 0 aliphatic rings. The van der Waals surface area contributed by atoms with E-state index in [0.717, 1.165) is 18.5 Å². The molecule has 0 saturated carbocycles. The van der Waals surface area contributed by atoms with Gasteiger partial charge in [0, 0.05) is 18.8 Å². The van der Waals surface area contributed by atoms with Crippen LogP contribution in [-0.4, -0.2) is 23.9 Å². The summed E-state index contributed by atoms with van der Waals surface area (Å²) in [5.74, 6) is -0.0204. The number of hydrogen-bond acceptors (Lipinski definition) is 2. The van der Waals surface area contributed by atoms with Gasteiger partial charge in [0.1, 0.15) is 0 Å². The molecule has 0 atom stereocenters. The Morgan fingerprint density at radius 2 is 2.24 bits per heavy atom. The quantitative estimate of drug-likeness (QED) is 0.626. The lowest BCUT2D eigenvalue weighted by Crippen LogP contribution is -2.32. The molecule has 0 spiro atoms. The highest BCUT2D eigenvalue weighted by molar-refractivity contribution is 5.99. The Morgan fingerprint density at radius 1 is 1.53 bits per heavy atom. The Balaban J connectivity index is 2.99. The average molecular weight is 232 g/mol. The summed E-state index contributed by atoms with van der Waals surface area (Å²) >= 11 is 0. The predicted molar refractivity (Wildman–Crippen MR) is 72.0 cm³/mol. The molecule has 1 rings (SSSR count). The number of benzene rings is 1. The van der Waals surface area contributed by atoms with Crippen LogP contribution in [0.15, 0.2) is 30.9 Å². The van der Waals surface area contributed by atoms with Crippen molar-refractivity contribution >= 4 is 11.6 Å². The Labute approximate surface area is 103 Å². The molecule has 0 unspecified atom stereocenters. The van der Waals surface area contributed by atoms with Crippen molar-refractivity contribution in [3.63, 3.8) is 0 Å². The van der Waals surface area contributed by atoms with Crippen LogP contribution in [0.4, 0.5) is 5.69 Å². The van der Waals surface area contributed by atoms with Gasteiger partial charge in [-0.1, -0.05) is 24.6 Å². The molecule has 0 heterocycles. The van der Waals surface area contributed by atoms with Crippen LogP contribution in [0.2, 0.25) is 0 Å². The Hall–Kier alpha value is -1.77. The van der Waals surface area contributed by atoms with Crippen LogP contribution in [0.3, 0.4) is 0 Å². The van der Waals surface area contributed by atoms with E-state index < -0.39 is 0 Å². The maximum absolute atomic E-state index is 12.3. The third kappa shape index (κ3) is 3.34. The average Bonchev–Trinajstić information content (AvgIpc) is 2.31. The van der Waals surface area contributed by atoms with E-state index in [9.17, 15) is 4.79 Å². The number of amides is 1. The molecule has 92 valence electrons. The number of nitrogen functional groups attached to an aromatic ring is 1. The number of rotatable bonds is 5. The monoisotopic (exact) mass is 232 g/mol. The summed E-state index contributed by atoms with van der Waals surface area (Å²) in [6.45, 7) is 8.95. The third-order valence-corrected chi connectivity index (χ3v) is 2.57. The van der Waals surface area contributed by atoms with Crippen molar-refractivity contribution in [2.24, 2.45) is 0 Å². The number of hydrogen-bond donors (Lipinski definition) is 1. The topological polar surface area (TPSA) is 46.3 Å². The Kier molecular flexibility index (Phi) is 4.76. The van der Waals surface area contributed by atoms with Gasteiger partial charge in [-0.25, -0.2) is 0 Å². The number of carbonyl (C=O) groups excluding carboxylic acids is 1. The molecular formula is C14H20N2O. The van der Waals surface area contributed by atoms with Gasteiger partial charge in [0.15, 0.2) is 0 Å². The van der Waals surface area contributed by atoms with E-state index in [1.807, 2.05) is 26.0 Å². The minimum Gasteiger partial charge on any atom is -0.398 e. The van der Waals surface area contributed by atoms with Crippen LogP contribution in [0.5, 0.6) is 0 Å². The van der Waals surface area contributed by atoms with E-state index in [2.05, 4.69) is 6.58 Å². The van der Waals surface area contributed by atoms with Gasteiger partial charge in [-0.15, -0.1) is 6.58 Å². The first-order valence-corrected chi connectivity index (χ1v) is 5.86. The lowest BCUT2D eigenvalue weighted by Gasteiger charge is -2.21. The highest BCUT2D eigenvalue weighted by atomic mass is 16.2. The molecule has 3 nitrogen and oxygen atoms in total. The second kappa shape index (κ2) is 6.09. The predicted octanol–water partition coefficient (Wildman–Crippen LogP) is 2.62. The van der Waals surface area contributed by atoms with E-state index in [-0.39, 0.29) is 5.91 Å². The van der Waals surface area contributed by atoms with Gasteiger partial charge >= 0.3 is 0 Å². The van der Waals surface area contributed by atoms with E-state index in [4.69, 9.17) is 5.73 Å². The van der Waals surface area contributed by atoms with Crippen molar-refractivity contribution in [1.82, 2.24) is 4.90 Å². The van der Waals surface area contributed by atoms with Crippen LogP contribution in [0.1, 0.15) is 29.3 Å². The van der Waals surface area contributed by atoms with Crippen LogP contribution in [0, 0.1) is 6.92 Å². The highest BCUT2D eigenvalue weighted by Crippen LogP contribution is 2.16. The summed E-state index contributed by atoms with van der Waals surface area (Å²) in [5.41, 5.74) is 8.00. The molecule has 17 heavy (non-hydrogen) atoms. The number of anilines is 1. The van der Waals surface area contributed by atoms with E-state index >= 15 is 0 Å². The van der Waals surface area contributed by atoms with Crippen LogP contribution < -0.4 is 5.73 Å². The first-order valence-electron chi connectivity index (χ1n) is 5.86. The number of aryl methyl sites for hydroxylation is 1. The molecule has 0 aliphatic carbocycles. The van der Waals surface area contributed by atoms with Gasteiger partial charge in [0.2, 0.25) is 0 Å². The third-order valence-electron chi connectivity index (χ3n) is 2.57. The van der Waals surface area contributed by atoms with Gasteiger partial charge in [-0.2, -0.15) is 0 Å². The van der Waals surface area contributed by atoms with E-state index in [1.165, 1.54) is 0 Å². The van der Waals surface area contributed by atoms with Crippen molar-refractivity contribution in [2.45, 2.75) is 20.3 Å². The Morgan fingerprint density at radius 3 is 2.82 bits per heavy atom. The van der Waals surface area contributed by atoms with E-state index in [0.29, 0.717) is 17.8 Å². The zero-order valence-electron chi connectivity index (χ0n) is 10.6. The van der Waals surface area contributed by atoms with Gasteiger partial charge in [0.05, 0.1) is 5.56 Å². The molecule has 0 radical (unpaired) electrons.